The Labute approximate surface area is 389 Å². The lowest BCUT2D eigenvalue weighted by atomic mass is 9.85. The van der Waals surface area contributed by atoms with Crippen LogP contribution in [0.5, 0.6) is 0 Å². The molecule has 8 atom stereocenters. The average Bonchev–Trinajstić information content (AvgIpc) is 3.27. The molecular weight excluding hydrogens is 838 g/mol. The molecule has 1 rings (SSSR count). The Morgan fingerprint density at radius 3 is 1.28 bits per heavy atom. The highest BCUT2D eigenvalue weighted by Gasteiger charge is 2.51. The van der Waals surface area contributed by atoms with Crippen molar-refractivity contribution in [2.75, 3.05) is 6.61 Å². The molecule has 64 heavy (non-hydrogen) atoms. The van der Waals surface area contributed by atoms with Crippen LogP contribution in [-0.2, 0) is 18.4 Å². The summed E-state index contributed by atoms with van der Waals surface area (Å²) in [4.78, 5) is 23.5. The first-order valence-electron chi connectivity index (χ1n) is 26.2. The lowest BCUT2D eigenvalue weighted by molar-refractivity contribution is -0.220. The summed E-state index contributed by atoms with van der Waals surface area (Å²) in [5, 5.41) is 74.8. The van der Waals surface area contributed by atoms with Crippen LogP contribution in [0.4, 0.5) is 0 Å². The van der Waals surface area contributed by atoms with Crippen LogP contribution in [0.3, 0.4) is 0 Å². The Morgan fingerprint density at radius 2 is 0.875 bits per heavy atom. The molecule has 0 aromatic heterocycles. The molecule has 0 aromatic rings. The molecule has 1 saturated carbocycles. The normalized spacial score (nSPS) is 22.7. The maximum Gasteiger partial charge on any atom is 0.472 e. The lowest BCUT2D eigenvalue weighted by Gasteiger charge is -2.41. The van der Waals surface area contributed by atoms with Crippen molar-refractivity contribution < 1.29 is 59.0 Å². The minimum Gasteiger partial charge on any atom is -0.393 e. The first kappa shape index (κ1) is 61.1. The van der Waals surface area contributed by atoms with E-state index in [1.165, 1.54) is 128 Å². The van der Waals surface area contributed by atoms with Gasteiger partial charge in [-0.3, -0.25) is 13.8 Å². The molecule has 1 amide bonds. The quantitative estimate of drug-likeness (QED) is 0.0158. The van der Waals surface area contributed by atoms with Crippen molar-refractivity contribution in [3.8, 4) is 0 Å². The molecule has 1 fully saturated rings. The van der Waals surface area contributed by atoms with Gasteiger partial charge < -0.3 is 46.0 Å². The molecule has 0 aliphatic heterocycles. The van der Waals surface area contributed by atoms with E-state index in [0.717, 1.165) is 70.6 Å². The van der Waals surface area contributed by atoms with Gasteiger partial charge in [0.1, 0.15) is 36.6 Å². The molecule has 0 aromatic carbocycles. The van der Waals surface area contributed by atoms with Gasteiger partial charge in [0.2, 0.25) is 5.91 Å². The number of nitrogens with one attached hydrogen (secondary N) is 1. The molecule has 8 unspecified atom stereocenters. The van der Waals surface area contributed by atoms with Crippen molar-refractivity contribution in [1.29, 1.82) is 0 Å². The van der Waals surface area contributed by atoms with Crippen LogP contribution in [0.2, 0.25) is 0 Å². The summed E-state index contributed by atoms with van der Waals surface area (Å²) in [6.45, 7) is 3.81. The summed E-state index contributed by atoms with van der Waals surface area (Å²) in [6, 6.07) is -1.15. The largest absolute Gasteiger partial charge is 0.472 e. The number of hydrogen-bond acceptors (Lipinski definition) is 11. The van der Waals surface area contributed by atoms with Gasteiger partial charge in [-0.05, 0) is 38.5 Å². The van der Waals surface area contributed by atoms with Gasteiger partial charge in [-0.1, -0.05) is 206 Å². The highest BCUT2D eigenvalue weighted by Crippen LogP contribution is 2.47. The van der Waals surface area contributed by atoms with E-state index >= 15 is 0 Å². The van der Waals surface area contributed by atoms with Gasteiger partial charge in [-0.15, -0.1) is 0 Å². The number of rotatable bonds is 44. The van der Waals surface area contributed by atoms with Gasteiger partial charge >= 0.3 is 7.82 Å². The monoisotopic (exact) mass is 936 g/mol. The molecule has 0 bridgehead atoms. The van der Waals surface area contributed by atoms with Crippen LogP contribution in [0.15, 0.2) is 12.2 Å². The van der Waals surface area contributed by atoms with Gasteiger partial charge in [0.25, 0.3) is 0 Å². The third-order valence-corrected chi connectivity index (χ3v) is 13.9. The summed E-state index contributed by atoms with van der Waals surface area (Å²) in [6.07, 6.45) is 29.6. The molecule has 14 heteroatoms. The second-order valence-electron chi connectivity index (χ2n) is 18.9. The number of unbranched alkanes of at least 4 members (excludes halogenated alkanes) is 29. The Hall–Kier alpha value is -0.960. The highest BCUT2D eigenvalue weighted by atomic mass is 31.2. The molecule has 0 saturated heterocycles. The van der Waals surface area contributed by atoms with Crippen molar-refractivity contribution in [2.45, 2.75) is 293 Å². The van der Waals surface area contributed by atoms with Crippen molar-refractivity contribution in [3.05, 3.63) is 12.2 Å². The van der Waals surface area contributed by atoms with Crippen LogP contribution in [0, 0.1) is 0 Å². The number of amides is 1. The van der Waals surface area contributed by atoms with Crippen molar-refractivity contribution in [3.63, 3.8) is 0 Å². The van der Waals surface area contributed by atoms with Crippen LogP contribution in [0.1, 0.15) is 239 Å². The summed E-state index contributed by atoms with van der Waals surface area (Å²) in [5.41, 5.74) is 0. The minimum atomic E-state index is -5.12. The molecular formula is C50H98NO12P. The number of hydrogen-bond donors (Lipinski definition) is 9. The second kappa shape index (κ2) is 40.0. The molecule has 0 heterocycles. The number of allylic oxidation sites excluding steroid dienone is 2. The fourth-order valence-electron chi connectivity index (χ4n) is 8.59. The van der Waals surface area contributed by atoms with E-state index in [2.05, 4.69) is 31.3 Å². The Morgan fingerprint density at radius 1 is 0.531 bits per heavy atom. The molecule has 0 spiro atoms. The first-order chi connectivity index (χ1) is 30.8. The summed E-state index contributed by atoms with van der Waals surface area (Å²) in [5.74, 6) is -0.562. The van der Waals surface area contributed by atoms with Gasteiger partial charge in [0.15, 0.2) is 0 Å². The number of aliphatic hydroxyl groups excluding tert-OH is 7. The summed E-state index contributed by atoms with van der Waals surface area (Å²) >= 11 is 0. The maximum absolute atomic E-state index is 13.1. The highest BCUT2D eigenvalue weighted by molar-refractivity contribution is 7.47. The zero-order valence-corrected chi connectivity index (χ0v) is 41.4. The van der Waals surface area contributed by atoms with E-state index in [9.17, 15) is 50.0 Å². The molecule has 13 nitrogen and oxygen atoms in total. The second-order valence-corrected chi connectivity index (χ2v) is 20.3. The number of aliphatic hydroxyl groups is 7. The summed E-state index contributed by atoms with van der Waals surface area (Å²) in [7, 11) is -5.12. The first-order valence-corrected chi connectivity index (χ1v) is 27.7. The fraction of sp³-hybridized carbons (Fsp3) is 0.940. The van der Waals surface area contributed by atoms with Gasteiger partial charge in [0.05, 0.1) is 31.3 Å². The predicted octanol–water partition coefficient (Wildman–Crippen LogP) is 9.76. The molecule has 9 N–H and O–H groups in total. The van der Waals surface area contributed by atoms with E-state index in [1.807, 2.05) is 0 Å². The number of phosphoric acid groups is 1. The number of carbonyl (C=O) groups excluding carboxylic acids is 1. The average molecular weight is 936 g/mol. The third-order valence-electron chi connectivity index (χ3n) is 12.9. The number of carbonyl (C=O) groups is 1. The Balaban J connectivity index is 2.46. The van der Waals surface area contributed by atoms with Gasteiger partial charge in [-0.2, -0.15) is 0 Å². The Kier molecular flexibility index (Phi) is 38.1. The topological polar surface area (TPSA) is 226 Å². The van der Waals surface area contributed by atoms with E-state index in [0.29, 0.717) is 12.8 Å². The smallest absolute Gasteiger partial charge is 0.393 e. The van der Waals surface area contributed by atoms with E-state index in [1.54, 1.807) is 0 Å². The Bertz CT molecular complexity index is 1150. The standard InChI is InChI=1S/C50H98NO12P/c1-3-5-7-9-11-13-15-17-19-21-23-25-27-29-31-33-35-37-41(52)39-44(54)51-42(40-62-64(60,61)63-50-48(58)46(56)45(55)47(57)49(50)59)43(53)38-36-34-32-30-28-26-24-22-20-18-16-14-12-10-8-6-4-2/h21,23,41-43,45-50,52-53,55-59H,3-20,22,24-40H2,1-2H3,(H,51,54)(H,60,61)/b23-21-. The van der Waals surface area contributed by atoms with Crippen LogP contribution < -0.4 is 5.32 Å². The molecule has 0 radical (unpaired) electrons. The molecule has 1 aliphatic carbocycles. The number of phosphoric ester groups is 1. The summed E-state index contributed by atoms with van der Waals surface area (Å²) < 4.78 is 23.0. The van der Waals surface area contributed by atoms with Gasteiger partial charge in [0, 0.05) is 0 Å². The van der Waals surface area contributed by atoms with Crippen LogP contribution >= 0.6 is 7.82 Å². The van der Waals surface area contributed by atoms with Crippen LogP contribution in [-0.4, -0.2) is 108 Å². The van der Waals surface area contributed by atoms with Crippen molar-refractivity contribution in [2.24, 2.45) is 0 Å². The van der Waals surface area contributed by atoms with Crippen LogP contribution in [0.25, 0.3) is 0 Å². The minimum absolute atomic E-state index is 0.224. The SMILES string of the molecule is CCCCCCCCCC/C=C\CCCCCCCC(O)CC(=O)NC(COP(=O)(O)OC1C(O)C(O)C(O)C(O)C1O)C(O)CCCCCCCCCCCCCCCCCCC. The maximum atomic E-state index is 13.1. The zero-order chi connectivity index (χ0) is 47.3. The fourth-order valence-corrected chi connectivity index (χ4v) is 9.56. The molecule has 380 valence electrons. The third kappa shape index (κ3) is 31.2. The van der Waals surface area contributed by atoms with E-state index in [-0.39, 0.29) is 12.8 Å². The predicted molar refractivity (Wildman–Crippen MR) is 257 cm³/mol. The van der Waals surface area contributed by atoms with Crippen molar-refractivity contribution >= 4 is 13.7 Å². The molecule has 1 aliphatic rings. The lowest BCUT2D eigenvalue weighted by Crippen LogP contribution is -2.64. The van der Waals surface area contributed by atoms with Gasteiger partial charge in [-0.25, -0.2) is 4.57 Å². The zero-order valence-electron chi connectivity index (χ0n) is 40.5. The van der Waals surface area contributed by atoms with E-state index in [4.69, 9.17) is 9.05 Å². The van der Waals surface area contributed by atoms with Crippen molar-refractivity contribution in [1.82, 2.24) is 5.32 Å². The van der Waals surface area contributed by atoms with E-state index < -0.39 is 75.2 Å².